The van der Waals surface area contributed by atoms with Crippen LogP contribution in [0.5, 0.6) is 0 Å². The summed E-state index contributed by atoms with van der Waals surface area (Å²) in [6.07, 6.45) is 1.71. The summed E-state index contributed by atoms with van der Waals surface area (Å²) in [5.41, 5.74) is 8.65. The lowest BCUT2D eigenvalue weighted by Crippen LogP contribution is -2.07. The van der Waals surface area contributed by atoms with Crippen molar-refractivity contribution in [3.05, 3.63) is 59.2 Å². The molecule has 0 spiro atoms. The lowest BCUT2D eigenvalue weighted by molar-refractivity contribution is 0.589. The van der Waals surface area contributed by atoms with Crippen LogP contribution >= 0.6 is 0 Å². The fourth-order valence-corrected chi connectivity index (χ4v) is 2.70. The fourth-order valence-electron chi connectivity index (χ4n) is 2.70. The van der Waals surface area contributed by atoms with E-state index in [1.54, 1.807) is 6.07 Å². The molecule has 0 radical (unpaired) electrons. The number of benzene rings is 2. The first-order chi connectivity index (χ1) is 8.68. The number of aryl methyl sites for hydroxylation is 1. The highest BCUT2D eigenvalue weighted by Gasteiger charge is 2.25. The van der Waals surface area contributed by atoms with Crippen molar-refractivity contribution in [1.29, 1.82) is 0 Å². The highest BCUT2D eigenvalue weighted by atomic mass is 19.1. The van der Waals surface area contributed by atoms with Crippen LogP contribution in [0.15, 0.2) is 36.4 Å². The molecule has 3 rings (SSSR count). The molecule has 3 heteroatoms. The minimum Gasteiger partial charge on any atom is -0.324 e. The van der Waals surface area contributed by atoms with E-state index >= 15 is 0 Å². The second-order valence-electron chi connectivity index (χ2n) is 4.62. The van der Waals surface area contributed by atoms with Crippen molar-refractivity contribution >= 4 is 0 Å². The maximum absolute atomic E-state index is 13.9. The second-order valence-corrected chi connectivity index (χ2v) is 4.62. The number of nitrogens with two attached hydrogens (primary N) is 1. The van der Waals surface area contributed by atoms with Crippen LogP contribution in [0.2, 0.25) is 0 Å². The smallest absolute Gasteiger partial charge is 0.133 e. The lowest BCUT2D eigenvalue weighted by Gasteiger charge is -2.13. The number of fused-ring (bicyclic) bond motifs is 1. The zero-order valence-electron chi connectivity index (χ0n) is 9.79. The largest absolute Gasteiger partial charge is 0.324 e. The number of halogens is 2. The molecular weight excluding hydrogens is 232 g/mol. The molecule has 0 aromatic heterocycles. The normalized spacial score (nSPS) is 17.8. The molecule has 1 nitrogen and oxygen atoms in total. The molecule has 0 fully saturated rings. The molecule has 1 aliphatic rings. The van der Waals surface area contributed by atoms with E-state index in [1.807, 2.05) is 12.1 Å². The van der Waals surface area contributed by atoms with Gasteiger partial charge in [-0.05, 0) is 41.7 Å². The third-order valence-corrected chi connectivity index (χ3v) is 3.52. The minimum atomic E-state index is -0.539. The molecule has 0 heterocycles. The molecule has 0 bridgehead atoms. The predicted molar refractivity (Wildman–Crippen MR) is 67.0 cm³/mol. The molecule has 1 unspecified atom stereocenters. The van der Waals surface area contributed by atoms with Crippen molar-refractivity contribution in [2.75, 3.05) is 0 Å². The Kier molecular flexibility index (Phi) is 2.63. The topological polar surface area (TPSA) is 26.0 Å². The Bertz CT molecular complexity index is 587. The molecule has 92 valence electrons. The van der Waals surface area contributed by atoms with Gasteiger partial charge in [-0.3, -0.25) is 0 Å². The lowest BCUT2D eigenvalue weighted by atomic mass is 9.94. The molecule has 0 amide bonds. The zero-order chi connectivity index (χ0) is 12.7. The van der Waals surface area contributed by atoms with E-state index in [-0.39, 0.29) is 11.6 Å². The third-order valence-electron chi connectivity index (χ3n) is 3.52. The number of hydrogen-bond acceptors (Lipinski definition) is 1. The van der Waals surface area contributed by atoms with Crippen LogP contribution in [0, 0.1) is 11.6 Å². The Labute approximate surface area is 104 Å². The Morgan fingerprint density at radius 3 is 2.39 bits per heavy atom. The predicted octanol–water partition coefficient (Wildman–Crippen LogP) is 3.58. The summed E-state index contributed by atoms with van der Waals surface area (Å²) in [6.45, 7) is 0. The molecule has 0 saturated heterocycles. The van der Waals surface area contributed by atoms with Crippen LogP contribution in [-0.4, -0.2) is 0 Å². The second kappa shape index (κ2) is 4.18. The van der Waals surface area contributed by atoms with Crippen molar-refractivity contribution in [1.82, 2.24) is 0 Å². The van der Waals surface area contributed by atoms with Gasteiger partial charge >= 0.3 is 0 Å². The maximum Gasteiger partial charge on any atom is 0.133 e. The SMILES string of the molecule is NC1CCc2cccc(-c3c(F)cccc3F)c21. The van der Waals surface area contributed by atoms with Crippen LogP contribution in [-0.2, 0) is 6.42 Å². The zero-order valence-corrected chi connectivity index (χ0v) is 9.79. The van der Waals surface area contributed by atoms with Gasteiger partial charge in [0.15, 0.2) is 0 Å². The molecule has 1 aliphatic carbocycles. The fraction of sp³-hybridized carbons (Fsp3) is 0.200. The van der Waals surface area contributed by atoms with E-state index in [0.29, 0.717) is 5.56 Å². The van der Waals surface area contributed by atoms with Gasteiger partial charge in [0.05, 0.1) is 5.56 Å². The van der Waals surface area contributed by atoms with Crippen molar-refractivity contribution in [3.8, 4) is 11.1 Å². The monoisotopic (exact) mass is 245 g/mol. The van der Waals surface area contributed by atoms with Crippen LogP contribution in [0.3, 0.4) is 0 Å². The first-order valence-corrected chi connectivity index (χ1v) is 6.00. The van der Waals surface area contributed by atoms with E-state index < -0.39 is 11.6 Å². The van der Waals surface area contributed by atoms with Gasteiger partial charge in [-0.2, -0.15) is 0 Å². The Balaban J connectivity index is 2.28. The van der Waals surface area contributed by atoms with E-state index in [2.05, 4.69) is 0 Å². The summed E-state index contributed by atoms with van der Waals surface area (Å²) >= 11 is 0. The first kappa shape index (κ1) is 11.4. The Morgan fingerprint density at radius 2 is 1.67 bits per heavy atom. The van der Waals surface area contributed by atoms with E-state index in [4.69, 9.17) is 5.73 Å². The Morgan fingerprint density at radius 1 is 1.00 bits per heavy atom. The highest BCUT2D eigenvalue weighted by molar-refractivity contribution is 5.71. The van der Waals surface area contributed by atoms with Gasteiger partial charge in [0.25, 0.3) is 0 Å². The molecule has 1 atom stereocenters. The molecule has 2 aromatic rings. The molecule has 0 aliphatic heterocycles. The standard InChI is InChI=1S/C15H13F2N/c16-11-5-2-6-12(17)15(11)10-4-1-3-9-7-8-13(18)14(9)10/h1-6,13H,7-8,18H2. The minimum absolute atomic E-state index is 0.0340. The summed E-state index contributed by atoms with van der Waals surface area (Å²) in [5, 5.41) is 0. The van der Waals surface area contributed by atoms with Gasteiger partial charge < -0.3 is 5.73 Å². The molecule has 0 saturated carbocycles. The summed E-state index contributed by atoms with van der Waals surface area (Å²) in [5.74, 6) is -1.08. The highest BCUT2D eigenvalue weighted by Crippen LogP contribution is 2.39. The third kappa shape index (κ3) is 1.63. The van der Waals surface area contributed by atoms with Crippen molar-refractivity contribution in [2.45, 2.75) is 18.9 Å². The van der Waals surface area contributed by atoms with Gasteiger partial charge in [-0.25, -0.2) is 8.78 Å². The van der Waals surface area contributed by atoms with E-state index in [0.717, 1.165) is 24.0 Å². The van der Waals surface area contributed by atoms with Crippen molar-refractivity contribution in [2.24, 2.45) is 5.73 Å². The summed E-state index contributed by atoms with van der Waals surface area (Å²) in [7, 11) is 0. The average Bonchev–Trinajstić information content (AvgIpc) is 2.72. The van der Waals surface area contributed by atoms with Crippen LogP contribution < -0.4 is 5.73 Å². The Hall–Kier alpha value is -1.74. The molecule has 18 heavy (non-hydrogen) atoms. The summed E-state index contributed by atoms with van der Waals surface area (Å²) in [6, 6.07) is 9.34. The van der Waals surface area contributed by atoms with E-state index in [9.17, 15) is 8.78 Å². The van der Waals surface area contributed by atoms with Gasteiger partial charge in [0.1, 0.15) is 11.6 Å². The van der Waals surface area contributed by atoms with Crippen LogP contribution in [0.1, 0.15) is 23.6 Å². The maximum atomic E-state index is 13.9. The quantitative estimate of drug-likeness (QED) is 0.816. The first-order valence-electron chi connectivity index (χ1n) is 6.00. The van der Waals surface area contributed by atoms with Gasteiger partial charge in [-0.1, -0.05) is 24.3 Å². The molecule has 2 N–H and O–H groups in total. The summed E-state index contributed by atoms with van der Waals surface area (Å²) < 4.78 is 27.7. The number of hydrogen-bond donors (Lipinski definition) is 1. The van der Waals surface area contributed by atoms with E-state index in [1.165, 1.54) is 18.2 Å². The van der Waals surface area contributed by atoms with Crippen molar-refractivity contribution < 1.29 is 8.78 Å². The molecular formula is C15H13F2N. The summed E-state index contributed by atoms with van der Waals surface area (Å²) in [4.78, 5) is 0. The van der Waals surface area contributed by atoms with Gasteiger partial charge in [0.2, 0.25) is 0 Å². The molecule has 2 aromatic carbocycles. The van der Waals surface area contributed by atoms with Crippen LogP contribution in [0.4, 0.5) is 8.78 Å². The average molecular weight is 245 g/mol. The van der Waals surface area contributed by atoms with Crippen LogP contribution in [0.25, 0.3) is 11.1 Å². The van der Waals surface area contributed by atoms with Gasteiger partial charge in [-0.15, -0.1) is 0 Å². The van der Waals surface area contributed by atoms with Gasteiger partial charge in [0, 0.05) is 6.04 Å². The van der Waals surface area contributed by atoms with Crippen molar-refractivity contribution in [3.63, 3.8) is 0 Å². The number of rotatable bonds is 1.